The number of aromatic nitrogens is 5. The van der Waals surface area contributed by atoms with E-state index < -0.39 is 0 Å². The quantitative estimate of drug-likeness (QED) is 0.437. The van der Waals surface area contributed by atoms with Gasteiger partial charge in [0.25, 0.3) is 0 Å². The fourth-order valence-corrected chi connectivity index (χ4v) is 3.30. The van der Waals surface area contributed by atoms with Crippen LogP contribution in [0.5, 0.6) is 0 Å². The van der Waals surface area contributed by atoms with Gasteiger partial charge in [-0.25, -0.2) is 15.0 Å². The van der Waals surface area contributed by atoms with Gasteiger partial charge in [0.2, 0.25) is 0 Å². The smallest absolute Gasteiger partial charge is 0.170 e. The van der Waals surface area contributed by atoms with Gasteiger partial charge < -0.3 is 11.1 Å². The number of rotatable bonds is 5. The SMILES string of the molecule is Nc1cccc(-c2nc(NCc3cccnc3)c3ncn(-c4ccccc4)c3n2)c1. The second-order valence-electron chi connectivity index (χ2n) is 6.86. The predicted molar refractivity (Wildman–Crippen MR) is 118 cm³/mol. The number of hydrogen-bond donors (Lipinski definition) is 2. The zero-order valence-corrected chi connectivity index (χ0v) is 16.1. The normalized spacial score (nSPS) is 10.9. The summed E-state index contributed by atoms with van der Waals surface area (Å²) in [6, 6.07) is 21.5. The molecule has 5 rings (SSSR count). The van der Waals surface area contributed by atoms with E-state index in [0.717, 1.165) is 22.5 Å². The zero-order valence-electron chi connectivity index (χ0n) is 16.1. The summed E-state index contributed by atoms with van der Waals surface area (Å²) in [6.45, 7) is 0.578. The van der Waals surface area contributed by atoms with Gasteiger partial charge >= 0.3 is 0 Å². The van der Waals surface area contributed by atoms with Gasteiger partial charge in [0, 0.05) is 35.9 Å². The maximum atomic E-state index is 5.99. The van der Waals surface area contributed by atoms with Crippen LogP contribution in [0.1, 0.15) is 5.56 Å². The molecule has 2 aromatic carbocycles. The monoisotopic (exact) mass is 393 g/mol. The molecule has 0 aliphatic heterocycles. The summed E-state index contributed by atoms with van der Waals surface area (Å²) < 4.78 is 1.96. The van der Waals surface area contributed by atoms with Crippen molar-refractivity contribution in [2.24, 2.45) is 0 Å². The van der Waals surface area contributed by atoms with Crippen LogP contribution in [0.4, 0.5) is 11.5 Å². The molecule has 0 saturated carbocycles. The first-order valence-corrected chi connectivity index (χ1v) is 9.57. The van der Waals surface area contributed by atoms with Crippen molar-refractivity contribution in [2.75, 3.05) is 11.1 Å². The third-order valence-electron chi connectivity index (χ3n) is 4.76. The Kier molecular flexibility index (Phi) is 4.53. The number of nitrogens with one attached hydrogen (secondary N) is 1. The van der Waals surface area contributed by atoms with Gasteiger partial charge in [-0.05, 0) is 35.9 Å². The largest absolute Gasteiger partial charge is 0.399 e. The molecule has 0 atom stereocenters. The van der Waals surface area contributed by atoms with E-state index in [1.165, 1.54) is 0 Å². The van der Waals surface area contributed by atoms with Crippen LogP contribution in [0.15, 0.2) is 85.5 Å². The maximum absolute atomic E-state index is 5.99. The Bertz CT molecular complexity index is 1300. The predicted octanol–water partition coefficient (Wildman–Crippen LogP) is 4.07. The molecule has 0 unspecified atom stereocenters. The molecular formula is C23H19N7. The van der Waals surface area contributed by atoms with Crippen molar-refractivity contribution in [3.63, 3.8) is 0 Å². The third kappa shape index (κ3) is 3.44. The van der Waals surface area contributed by atoms with E-state index in [1.807, 2.05) is 77.5 Å². The molecule has 3 N–H and O–H groups in total. The van der Waals surface area contributed by atoms with Crippen LogP contribution in [0.25, 0.3) is 28.2 Å². The third-order valence-corrected chi connectivity index (χ3v) is 4.76. The van der Waals surface area contributed by atoms with Crippen molar-refractivity contribution >= 4 is 22.7 Å². The Hall–Kier alpha value is -4.26. The van der Waals surface area contributed by atoms with Crippen LogP contribution in [-0.2, 0) is 6.54 Å². The Balaban J connectivity index is 1.64. The summed E-state index contributed by atoms with van der Waals surface area (Å²) in [6.07, 6.45) is 5.35. The molecule has 3 heterocycles. The van der Waals surface area contributed by atoms with Crippen molar-refractivity contribution in [2.45, 2.75) is 6.54 Å². The van der Waals surface area contributed by atoms with E-state index in [1.54, 1.807) is 12.5 Å². The summed E-state index contributed by atoms with van der Waals surface area (Å²) in [4.78, 5) is 18.3. The molecule has 0 aliphatic carbocycles. The van der Waals surface area contributed by atoms with Crippen molar-refractivity contribution in [3.05, 3.63) is 91.0 Å². The lowest BCUT2D eigenvalue weighted by Crippen LogP contribution is -2.05. The lowest BCUT2D eigenvalue weighted by molar-refractivity contribution is 1.05. The number of pyridine rings is 1. The van der Waals surface area contributed by atoms with Crippen LogP contribution in [-0.4, -0.2) is 24.5 Å². The molecule has 0 fully saturated rings. The van der Waals surface area contributed by atoms with Gasteiger partial charge in [-0.3, -0.25) is 9.55 Å². The summed E-state index contributed by atoms with van der Waals surface area (Å²) in [7, 11) is 0. The van der Waals surface area contributed by atoms with Crippen molar-refractivity contribution in [1.29, 1.82) is 0 Å². The average Bonchev–Trinajstić information content (AvgIpc) is 3.23. The number of benzene rings is 2. The fourth-order valence-electron chi connectivity index (χ4n) is 3.30. The minimum absolute atomic E-state index is 0.578. The molecule has 7 heteroatoms. The molecule has 0 saturated heterocycles. The molecule has 5 aromatic rings. The van der Waals surface area contributed by atoms with Gasteiger partial charge in [-0.1, -0.05) is 36.4 Å². The number of nitrogen functional groups attached to an aromatic ring is 1. The van der Waals surface area contributed by atoms with E-state index in [9.17, 15) is 0 Å². The van der Waals surface area contributed by atoms with E-state index >= 15 is 0 Å². The Morgan fingerprint density at radius 1 is 0.933 bits per heavy atom. The highest BCUT2D eigenvalue weighted by atomic mass is 15.2. The summed E-state index contributed by atoms with van der Waals surface area (Å²) in [5, 5.41) is 3.40. The highest BCUT2D eigenvalue weighted by molar-refractivity contribution is 5.86. The molecule has 0 spiro atoms. The number of fused-ring (bicyclic) bond motifs is 1. The van der Waals surface area contributed by atoms with E-state index in [4.69, 9.17) is 15.7 Å². The van der Waals surface area contributed by atoms with Crippen LogP contribution >= 0.6 is 0 Å². The topological polar surface area (TPSA) is 94.5 Å². The molecule has 0 amide bonds. The van der Waals surface area contributed by atoms with Gasteiger partial charge in [0.15, 0.2) is 22.8 Å². The number of anilines is 2. The first-order valence-electron chi connectivity index (χ1n) is 9.57. The Morgan fingerprint density at radius 3 is 2.63 bits per heavy atom. The summed E-state index contributed by atoms with van der Waals surface area (Å²) in [5.74, 6) is 1.25. The minimum Gasteiger partial charge on any atom is -0.399 e. The van der Waals surface area contributed by atoms with E-state index in [-0.39, 0.29) is 0 Å². The number of nitrogens with two attached hydrogens (primary N) is 1. The molecule has 7 nitrogen and oxygen atoms in total. The van der Waals surface area contributed by atoms with Gasteiger partial charge in [0.05, 0.1) is 0 Å². The average molecular weight is 393 g/mol. The Morgan fingerprint density at radius 2 is 1.83 bits per heavy atom. The first kappa shape index (κ1) is 17.8. The van der Waals surface area contributed by atoms with Crippen molar-refractivity contribution < 1.29 is 0 Å². The number of imidazole rings is 1. The first-order chi connectivity index (χ1) is 14.8. The number of hydrogen-bond acceptors (Lipinski definition) is 6. The summed E-state index contributed by atoms with van der Waals surface area (Å²) in [5.41, 5.74) is 11.0. The molecular weight excluding hydrogens is 374 g/mol. The lowest BCUT2D eigenvalue weighted by atomic mass is 10.2. The van der Waals surface area contributed by atoms with Crippen molar-refractivity contribution in [1.82, 2.24) is 24.5 Å². The highest BCUT2D eigenvalue weighted by Crippen LogP contribution is 2.27. The fraction of sp³-hybridized carbons (Fsp3) is 0.0435. The standard InChI is InChI=1S/C23H19N7/c24-18-8-4-7-17(12-18)21-28-22(26-14-16-6-5-11-25-13-16)20-23(29-21)30(15-27-20)19-9-2-1-3-10-19/h1-13,15H,14,24H2,(H,26,28,29). The highest BCUT2D eigenvalue weighted by Gasteiger charge is 2.15. The maximum Gasteiger partial charge on any atom is 0.170 e. The molecule has 0 bridgehead atoms. The number of nitrogens with zero attached hydrogens (tertiary/aromatic N) is 5. The zero-order chi connectivity index (χ0) is 20.3. The van der Waals surface area contributed by atoms with Crippen LogP contribution in [0.3, 0.4) is 0 Å². The second-order valence-corrected chi connectivity index (χ2v) is 6.86. The summed E-state index contributed by atoms with van der Waals surface area (Å²) >= 11 is 0. The van der Waals surface area contributed by atoms with Crippen LogP contribution in [0.2, 0.25) is 0 Å². The minimum atomic E-state index is 0.578. The van der Waals surface area contributed by atoms with Gasteiger partial charge in [-0.15, -0.1) is 0 Å². The molecule has 3 aromatic heterocycles. The van der Waals surface area contributed by atoms with E-state index in [0.29, 0.717) is 29.4 Å². The van der Waals surface area contributed by atoms with Crippen molar-refractivity contribution in [3.8, 4) is 17.1 Å². The van der Waals surface area contributed by atoms with E-state index in [2.05, 4.69) is 15.3 Å². The molecule has 0 aliphatic rings. The molecule has 0 radical (unpaired) electrons. The van der Waals surface area contributed by atoms with Gasteiger partial charge in [-0.2, -0.15) is 0 Å². The molecule has 146 valence electrons. The van der Waals surface area contributed by atoms with Crippen LogP contribution in [0, 0.1) is 0 Å². The lowest BCUT2D eigenvalue weighted by Gasteiger charge is -2.10. The number of para-hydroxylation sites is 1. The molecule has 30 heavy (non-hydrogen) atoms. The second kappa shape index (κ2) is 7.63. The Labute approximate surface area is 173 Å². The van der Waals surface area contributed by atoms with Gasteiger partial charge in [0.1, 0.15) is 6.33 Å². The van der Waals surface area contributed by atoms with Crippen LogP contribution < -0.4 is 11.1 Å².